The van der Waals surface area contributed by atoms with Gasteiger partial charge in [0.1, 0.15) is 11.5 Å². The molecule has 1 aliphatic heterocycles. The highest BCUT2D eigenvalue weighted by Crippen LogP contribution is 2.34. The Labute approximate surface area is 155 Å². The first-order valence-corrected chi connectivity index (χ1v) is 8.33. The molecule has 25 heavy (non-hydrogen) atoms. The number of fused-ring (bicyclic) bond motifs is 1. The molecule has 1 aromatic carbocycles. The van der Waals surface area contributed by atoms with Gasteiger partial charge in [0.05, 0.1) is 14.2 Å². The van der Waals surface area contributed by atoms with Crippen molar-refractivity contribution in [3.05, 3.63) is 46.9 Å². The number of esters is 2. The Bertz CT molecular complexity index is 670. The zero-order chi connectivity index (χ0) is 18.4. The van der Waals surface area contributed by atoms with Crippen molar-refractivity contribution in [1.29, 1.82) is 0 Å². The van der Waals surface area contributed by atoms with Crippen molar-refractivity contribution in [2.45, 2.75) is 13.3 Å². The molecular formula is C17H18BBrO6. The second-order valence-electron chi connectivity index (χ2n) is 5.37. The maximum atomic E-state index is 12.3. The molecule has 2 rings (SSSR count). The number of halogens is 1. The van der Waals surface area contributed by atoms with Crippen LogP contribution in [-0.4, -0.2) is 33.3 Å². The van der Waals surface area contributed by atoms with Crippen molar-refractivity contribution in [3.8, 4) is 11.5 Å². The maximum Gasteiger partial charge on any atom is 0.624 e. The minimum atomic E-state index is -1.58. The molecule has 0 saturated carbocycles. The lowest BCUT2D eigenvalue weighted by molar-refractivity contribution is -0.164. The van der Waals surface area contributed by atoms with Crippen molar-refractivity contribution in [1.82, 2.24) is 0 Å². The van der Waals surface area contributed by atoms with Crippen LogP contribution in [0.15, 0.2) is 46.9 Å². The van der Waals surface area contributed by atoms with Crippen LogP contribution in [0.25, 0.3) is 0 Å². The van der Waals surface area contributed by atoms with Crippen LogP contribution in [0.1, 0.15) is 13.3 Å². The number of para-hydroxylation sites is 2. The van der Waals surface area contributed by atoms with Gasteiger partial charge in [0.25, 0.3) is 0 Å². The Balaban J connectivity index is 2.19. The van der Waals surface area contributed by atoms with Crippen molar-refractivity contribution in [2.24, 2.45) is 5.41 Å². The quantitative estimate of drug-likeness (QED) is 0.409. The highest BCUT2D eigenvalue weighted by molar-refractivity contribution is 9.11. The zero-order valence-electron chi connectivity index (χ0n) is 14.2. The Kier molecular flexibility index (Phi) is 6.30. The number of rotatable bonds is 6. The minimum Gasteiger partial charge on any atom is -0.520 e. The summed E-state index contributed by atoms with van der Waals surface area (Å²) in [4.78, 5) is 24.6. The number of allylic oxidation sites excluding steroid dienone is 2. The molecular weight excluding hydrogens is 391 g/mol. The topological polar surface area (TPSA) is 71.1 Å². The molecule has 8 heteroatoms. The summed E-state index contributed by atoms with van der Waals surface area (Å²) in [5, 5.41) is 0. The van der Waals surface area contributed by atoms with Crippen LogP contribution < -0.4 is 9.31 Å². The molecule has 0 bridgehead atoms. The van der Waals surface area contributed by atoms with Gasteiger partial charge in [0, 0.05) is 0 Å². The van der Waals surface area contributed by atoms with Crippen molar-refractivity contribution in [2.75, 3.05) is 14.2 Å². The summed E-state index contributed by atoms with van der Waals surface area (Å²) in [7, 11) is 1.82. The molecule has 6 nitrogen and oxygen atoms in total. The highest BCUT2D eigenvalue weighted by Gasteiger charge is 2.46. The molecule has 0 aromatic heterocycles. The molecule has 0 spiro atoms. The summed E-state index contributed by atoms with van der Waals surface area (Å²) < 4.78 is 21.5. The standard InChI is InChI=1S/C17H18BBrO6/c1-12(19)11-17(15(20)22-2,16(21)23-3)9-6-10-18-24-13-7-4-5-8-14(13)25-18/h4-8,10-11H,9H2,1-3H3/b10-6-,12-11-. The smallest absolute Gasteiger partial charge is 0.520 e. The highest BCUT2D eigenvalue weighted by atomic mass is 79.9. The number of benzene rings is 1. The Morgan fingerprint density at radius 1 is 1.16 bits per heavy atom. The van der Waals surface area contributed by atoms with Gasteiger partial charge in [0.2, 0.25) is 0 Å². The van der Waals surface area contributed by atoms with Crippen LogP contribution in [0.4, 0.5) is 0 Å². The van der Waals surface area contributed by atoms with Gasteiger partial charge in [-0.05, 0) is 42.0 Å². The third-order valence-corrected chi connectivity index (χ3v) is 3.84. The monoisotopic (exact) mass is 408 g/mol. The van der Waals surface area contributed by atoms with E-state index in [1.165, 1.54) is 20.3 Å². The van der Waals surface area contributed by atoms with Gasteiger partial charge in [-0.1, -0.05) is 34.1 Å². The third-order valence-electron chi connectivity index (χ3n) is 3.61. The molecule has 0 unspecified atom stereocenters. The number of hydrogen-bond donors (Lipinski definition) is 0. The van der Waals surface area contributed by atoms with Gasteiger partial charge in [-0.2, -0.15) is 0 Å². The van der Waals surface area contributed by atoms with E-state index >= 15 is 0 Å². The van der Waals surface area contributed by atoms with Gasteiger partial charge in [-0.25, -0.2) is 0 Å². The predicted molar refractivity (Wildman–Crippen MR) is 96.4 cm³/mol. The molecule has 0 atom stereocenters. The van der Waals surface area contributed by atoms with Crippen LogP contribution in [0.3, 0.4) is 0 Å². The lowest BCUT2D eigenvalue weighted by Gasteiger charge is -2.24. The summed E-state index contributed by atoms with van der Waals surface area (Å²) in [5.74, 6) is 1.50. The first-order chi connectivity index (χ1) is 11.9. The summed E-state index contributed by atoms with van der Waals surface area (Å²) in [5.41, 5.74) is -1.58. The van der Waals surface area contributed by atoms with E-state index in [-0.39, 0.29) is 6.42 Å². The van der Waals surface area contributed by atoms with Gasteiger partial charge in [-0.3, -0.25) is 9.59 Å². The second kappa shape index (κ2) is 8.25. The van der Waals surface area contributed by atoms with Crippen molar-refractivity contribution in [3.63, 3.8) is 0 Å². The van der Waals surface area contributed by atoms with Crippen molar-refractivity contribution >= 4 is 35.0 Å². The van der Waals surface area contributed by atoms with E-state index < -0.39 is 24.5 Å². The van der Waals surface area contributed by atoms with Gasteiger partial charge < -0.3 is 18.8 Å². The summed E-state index contributed by atoms with van der Waals surface area (Å²) in [6, 6.07) is 7.29. The van der Waals surface area contributed by atoms with Gasteiger partial charge >= 0.3 is 19.1 Å². The lowest BCUT2D eigenvalue weighted by Crippen LogP contribution is -2.39. The molecule has 0 radical (unpaired) electrons. The van der Waals surface area contributed by atoms with Crippen LogP contribution in [0.2, 0.25) is 0 Å². The molecule has 0 amide bonds. The SMILES string of the molecule is COC(=O)C(/C=C(/C)Br)(C/C=C\B1Oc2ccccc2O1)C(=O)OC. The summed E-state index contributed by atoms with van der Waals surface area (Å²) in [6.07, 6.45) is 3.14. The Hall–Kier alpha value is -2.22. The summed E-state index contributed by atoms with van der Waals surface area (Å²) in [6.45, 7) is 1.71. The average molecular weight is 409 g/mol. The fraction of sp³-hybridized carbons (Fsp3) is 0.294. The molecule has 0 fully saturated rings. The molecule has 1 aromatic rings. The van der Waals surface area contributed by atoms with E-state index in [4.69, 9.17) is 18.8 Å². The minimum absolute atomic E-state index is 0.0366. The fourth-order valence-corrected chi connectivity index (χ4v) is 2.88. The molecule has 0 N–H and O–H groups in total. The maximum absolute atomic E-state index is 12.3. The number of carbonyl (C=O) groups is 2. The first-order valence-electron chi connectivity index (χ1n) is 7.53. The number of hydrogen-bond acceptors (Lipinski definition) is 6. The van der Waals surface area contributed by atoms with Gasteiger partial charge in [0.15, 0.2) is 5.41 Å². The summed E-state index contributed by atoms with van der Waals surface area (Å²) >= 11 is 3.25. The number of methoxy groups -OCH3 is 2. The molecule has 1 aliphatic rings. The molecule has 0 aliphatic carbocycles. The van der Waals surface area contributed by atoms with E-state index in [0.717, 1.165) is 0 Å². The Morgan fingerprint density at radius 2 is 1.68 bits per heavy atom. The second-order valence-corrected chi connectivity index (χ2v) is 6.62. The molecule has 132 valence electrons. The van der Waals surface area contributed by atoms with Crippen LogP contribution in [0, 0.1) is 5.41 Å². The molecule has 0 saturated heterocycles. The molecule has 1 heterocycles. The third kappa shape index (κ3) is 4.25. The Morgan fingerprint density at radius 3 is 2.12 bits per heavy atom. The number of ether oxygens (including phenoxy) is 2. The normalized spacial score (nSPS) is 13.9. The number of carbonyl (C=O) groups excluding carboxylic acids is 2. The fourth-order valence-electron chi connectivity index (χ4n) is 2.49. The predicted octanol–water partition coefficient (Wildman–Crippen LogP) is 3.06. The average Bonchev–Trinajstić information content (AvgIpc) is 3.01. The first kappa shape index (κ1) is 19.1. The van der Waals surface area contributed by atoms with Gasteiger partial charge in [-0.15, -0.1) is 0 Å². The van der Waals surface area contributed by atoms with E-state index in [1.54, 1.807) is 31.1 Å². The lowest BCUT2D eigenvalue weighted by atomic mass is 9.81. The van der Waals surface area contributed by atoms with Crippen LogP contribution in [-0.2, 0) is 19.1 Å². The van der Waals surface area contributed by atoms with E-state index in [2.05, 4.69) is 15.9 Å². The van der Waals surface area contributed by atoms with Crippen molar-refractivity contribution < 1.29 is 28.4 Å². The zero-order valence-corrected chi connectivity index (χ0v) is 15.7. The van der Waals surface area contributed by atoms with E-state index in [1.807, 2.05) is 12.1 Å². The van der Waals surface area contributed by atoms with Crippen LogP contribution >= 0.6 is 15.9 Å². The van der Waals surface area contributed by atoms with E-state index in [9.17, 15) is 9.59 Å². The van der Waals surface area contributed by atoms with Crippen LogP contribution in [0.5, 0.6) is 11.5 Å². The largest absolute Gasteiger partial charge is 0.624 e. The van der Waals surface area contributed by atoms with E-state index in [0.29, 0.717) is 16.0 Å².